The van der Waals surface area contributed by atoms with E-state index in [1.54, 1.807) is 18.2 Å². The molecule has 0 saturated carbocycles. The third kappa shape index (κ3) is 3.53. The van der Waals surface area contributed by atoms with Gasteiger partial charge in [0, 0.05) is 5.02 Å². The highest BCUT2D eigenvalue weighted by atomic mass is 35.5. The van der Waals surface area contributed by atoms with Crippen LogP contribution in [0, 0.1) is 11.3 Å². The fourth-order valence-electron chi connectivity index (χ4n) is 1.93. The smallest absolute Gasteiger partial charge is 0.332 e. The Kier molecular flexibility index (Phi) is 4.81. The Morgan fingerprint density at radius 1 is 1.29 bits per heavy atom. The van der Waals surface area contributed by atoms with Gasteiger partial charge in [-0.05, 0) is 23.8 Å². The standard InChI is InChI=1S/C16H13ClN2O2/c1-21-16(20)15(11-5-3-2-4-6-11)19-14-8-7-13(17)9-12(14)10-18/h2-9,15,19H,1H3. The number of benzene rings is 2. The topological polar surface area (TPSA) is 62.1 Å². The Morgan fingerprint density at radius 2 is 2.00 bits per heavy atom. The summed E-state index contributed by atoms with van der Waals surface area (Å²) in [4.78, 5) is 12.0. The molecule has 1 N–H and O–H groups in total. The first kappa shape index (κ1) is 14.9. The molecule has 0 aliphatic rings. The van der Waals surface area contributed by atoms with Crippen molar-refractivity contribution in [1.29, 1.82) is 5.26 Å². The number of carbonyl (C=O) groups is 1. The van der Waals surface area contributed by atoms with Gasteiger partial charge in [0.25, 0.3) is 0 Å². The van der Waals surface area contributed by atoms with E-state index in [0.717, 1.165) is 5.56 Å². The number of rotatable bonds is 4. The lowest BCUT2D eigenvalue weighted by Gasteiger charge is -2.18. The zero-order valence-electron chi connectivity index (χ0n) is 11.3. The lowest BCUT2D eigenvalue weighted by atomic mass is 10.1. The van der Waals surface area contributed by atoms with E-state index in [1.165, 1.54) is 7.11 Å². The molecule has 0 aliphatic carbocycles. The number of nitrogens with zero attached hydrogens (tertiary/aromatic N) is 1. The number of carbonyl (C=O) groups excluding carboxylic acids is 1. The van der Waals surface area contributed by atoms with Gasteiger partial charge in [-0.3, -0.25) is 0 Å². The molecule has 106 valence electrons. The fraction of sp³-hybridized carbons (Fsp3) is 0.125. The molecule has 0 saturated heterocycles. The molecule has 0 bridgehead atoms. The minimum Gasteiger partial charge on any atom is -0.467 e. The van der Waals surface area contributed by atoms with Crippen molar-refractivity contribution in [2.45, 2.75) is 6.04 Å². The molecule has 2 rings (SSSR count). The number of hydrogen-bond acceptors (Lipinski definition) is 4. The molecule has 1 unspecified atom stereocenters. The van der Waals surface area contributed by atoms with E-state index in [9.17, 15) is 4.79 Å². The first-order valence-electron chi connectivity index (χ1n) is 6.24. The van der Waals surface area contributed by atoms with Crippen molar-refractivity contribution in [2.75, 3.05) is 12.4 Å². The average Bonchev–Trinajstić information content (AvgIpc) is 2.53. The summed E-state index contributed by atoms with van der Waals surface area (Å²) < 4.78 is 4.83. The summed E-state index contributed by atoms with van der Waals surface area (Å²) in [7, 11) is 1.33. The molecule has 1 atom stereocenters. The molecular formula is C16H13ClN2O2. The quantitative estimate of drug-likeness (QED) is 0.877. The zero-order valence-corrected chi connectivity index (χ0v) is 12.1. The molecule has 2 aromatic carbocycles. The molecule has 0 amide bonds. The number of anilines is 1. The number of ether oxygens (including phenoxy) is 1. The third-order valence-corrected chi connectivity index (χ3v) is 3.21. The Morgan fingerprint density at radius 3 is 2.62 bits per heavy atom. The summed E-state index contributed by atoms with van der Waals surface area (Å²) in [5.74, 6) is -0.431. The van der Waals surface area contributed by atoms with E-state index in [-0.39, 0.29) is 0 Å². The van der Waals surface area contributed by atoms with Crippen LogP contribution in [0.25, 0.3) is 0 Å². The van der Waals surface area contributed by atoms with E-state index >= 15 is 0 Å². The molecule has 0 aromatic heterocycles. The number of esters is 1. The van der Waals surface area contributed by atoms with Crippen LogP contribution in [0.1, 0.15) is 17.2 Å². The van der Waals surface area contributed by atoms with Gasteiger partial charge in [-0.1, -0.05) is 41.9 Å². The van der Waals surface area contributed by atoms with Crippen LogP contribution in [0.2, 0.25) is 5.02 Å². The Bertz CT molecular complexity index is 680. The molecule has 0 spiro atoms. The molecule has 2 aromatic rings. The second-order valence-corrected chi connectivity index (χ2v) is 4.75. The lowest BCUT2D eigenvalue weighted by molar-refractivity contribution is -0.141. The molecular weight excluding hydrogens is 288 g/mol. The number of methoxy groups -OCH3 is 1. The van der Waals surface area contributed by atoms with Gasteiger partial charge in [0.15, 0.2) is 6.04 Å². The van der Waals surface area contributed by atoms with Crippen LogP contribution >= 0.6 is 11.6 Å². The number of hydrogen-bond donors (Lipinski definition) is 1. The Labute approximate surface area is 127 Å². The molecule has 0 radical (unpaired) electrons. The van der Waals surface area contributed by atoms with Gasteiger partial charge in [0.1, 0.15) is 6.07 Å². The van der Waals surface area contributed by atoms with Crippen molar-refractivity contribution >= 4 is 23.3 Å². The van der Waals surface area contributed by atoms with Gasteiger partial charge < -0.3 is 10.1 Å². The van der Waals surface area contributed by atoms with Crippen molar-refractivity contribution in [1.82, 2.24) is 0 Å². The lowest BCUT2D eigenvalue weighted by Crippen LogP contribution is -2.22. The van der Waals surface area contributed by atoms with Gasteiger partial charge >= 0.3 is 5.97 Å². The predicted octanol–water partition coefficient (Wildman–Crippen LogP) is 3.54. The summed E-state index contributed by atoms with van der Waals surface area (Å²) in [5, 5.41) is 12.7. The minimum atomic E-state index is -0.690. The van der Waals surface area contributed by atoms with Crippen molar-refractivity contribution in [3.8, 4) is 6.07 Å². The van der Waals surface area contributed by atoms with Crippen LogP contribution < -0.4 is 5.32 Å². The summed E-state index contributed by atoms with van der Waals surface area (Å²) in [5.41, 5.74) is 1.65. The van der Waals surface area contributed by atoms with Crippen molar-refractivity contribution in [3.63, 3.8) is 0 Å². The van der Waals surface area contributed by atoms with Crippen LogP contribution in [-0.4, -0.2) is 13.1 Å². The maximum absolute atomic E-state index is 12.0. The van der Waals surface area contributed by atoms with Crippen molar-refractivity contribution < 1.29 is 9.53 Å². The normalized spacial score (nSPS) is 11.3. The monoisotopic (exact) mass is 300 g/mol. The Hall–Kier alpha value is -2.51. The van der Waals surface area contributed by atoms with Gasteiger partial charge in [0.2, 0.25) is 0 Å². The highest BCUT2D eigenvalue weighted by molar-refractivity contribution is 6.30. The van der Waals surface area contributed by atoms with E-state index in [0.29, 0.717) is 16.3 Å². The molecule has 0 aliphatic heterocycles. The van der Waals surface area contributed by atoms with Crippen LogP contribution in [0.3, 0.4) is 0 Å². The predicted molar refractivity (Wildman–Crippen MR) is 81.0 cm³/mol. The largest absolute Gasteiger partial charge is 0.467 e. The summed E-state index contributed by atoms with van der Waals surface area (Å²) in [6.07, 6.45) is 0. The fourth-order valence-corrected chi connectivity index (χ4v) is 2.10. The molecule has 0 heterocycles. The van der Waals surface area contributed by atoms with Crippen LogP contribution in [-0.2, 0) is 9.53 Å². The maximum atomic E-state index is 12.0. The molecule has 0 fully saturated rings. The van der Waals surface area contributed by atoms with Gasteiger partial charge in [0.05, 0.1) is 18.4 Å². The first-order chi connectivity index (χ1) is 10.2. The first-order valence-corrected chi connectivity index (χ1v) is 6.62. The number of nitrogens with one attached hydrogen (secondary N) is 1. The molecule has 5 heteroatoms. The zero-order chi connectivity index (χ0) is 15.2. The summed E-state index contributed by atoms with van der Waals surface area (Å²) >= 11 is 5.87. The highest BCUT2D eigenvalue weighted by Gasteiger charge is 2.22. The van der Waals surface area contributed by atoms with Gasteiger partial charge in [-0.2, -0.15) is 5.26 Å². The van der Waals surface area contributed by atoms with E-state index in [1.807, 2.05) is 30.3 Å². The van der Waals surface area contributed by atoms with Crippen molar-refractivity contribution in [3.05, 3.63) is 64.7 Å². The number of nitriles is 1. The molecule has 4 nitrogen and oxygen atoms in total. The second kappa shape index (κ2) is 6.78. The van der Waals surface area contributed by atoms with E-state index in [2.05, 4.69) is 11.4 Å². The maximum Gasteiger partial charge on any atom is 0.332 e. The Balaban J connectivity index is 2.37. The van der Waals surface area contributed by atoms with E-state index in [4.69, 9.17) is 21.6 Å². The minimum absolute atomic E-state index is 0.368. The second-order valence-electron chi connectivity index (χ2n) is 4.31. The van der Waals surface area contributed by atoms with Crippen LogP contribution in [0.4, 0.5) is 5.69 Å². The molecule has 21 heavy (non-hydrogen) atoms. The third-order valence-electron chi connectivity index (χ3n) is 2.97. The average molecular weight is 301 g/mol. The SMILES string of the molecule is COC(=O)C(Nc1ccc(Cl)cc1C#N)c1ccccc1. The van der Waals surface area contributed by atoms with Crippen LogP contribution in [0.15, 0.2) is 48.5 Å². The van der Waals surface area contributed by atoms with E-state index < -0.39 is 12.0 Å². The summed E-state index contributed by atoms with van der Waals surface area (Å²) in [6.45, 7) is 0. The highest BCUT2D eigenvalue weighted by Crippen LogP contribution is 2.25. The van der Waals surface area contributed by atoms with Crippen molar-refractivity contribution in [2.24, 2.45) is 0 Å². The van der Waals surface area contributed by atoms with Crippen LogP contribution in [0.5, 0.6) is 0 Å². The van der Waals surface area contributed by atoms with Gasteiger partial charge in [-0.25, -0.2) is 4.79 Å². The summed E-state index contributed by atoms with van der Waals surface area (Å²) in [6, 6.07) is 15.4. The number of halogens is 1. The van der Waals surface area contributed by atoms with Gasteiger partial charge in [-0.15, -0.1) is 0 Å².